The topological polar surface area (TPSA) is 81.4 Å². The van der Waals surface area contributed by atoms with Crippen molar-refractivity contribution in [2.75, 3.05) is 31.8 Å². The number of hydrogen-bond donors (Lipinski definition) is 3. The standard InChI is InChI=1S/C33H36N4O2/c1-22-6-8-25(9-7-22)24(3)20-35-18-23(2)19-36-29-13-10-26(11-14-29)30-16-28(21-37-33(30)34)27-12-15-31(38-4)32(17-27)39-5/h6-18,20-21,35-36H,19H2,1-5H3,(H2,34,37)/b23-18+,24-20+. The molecule has 6 heteroatoms. The Labute approximate surface area is 231 Å². The molecule has 0 atom stereocenters. The van der Waals surface area contributed by atoms with Gasteiger partial charge in [0.05, 0.1) is 14.2 Å². The Morgan fingerprint density at radius 2 is 1.51 bits per heavy atom. The highest BCUT2D eigenvalue weighted by molar-refractivity contribution is 5.80. The number of nitrogens with zero attached hydrogens (tertiary/aromatic N) is 1. The number of aryl methyl sites for hydroxylation is 1. The minimum absolute atomic E-state index is 0.485. The molecule has 200 valence electrons. The van der Waals surface area contributed by atoms with Gasteiger partial charge in [-0.2, -0.15) is 0 Å². The molecule has 0 unspecified atom stereocenters. The summed E-state index contributed by atoms with van der Waals surface area (Å²) >= 11 is 0. The number of hydrogen-bond acceptors (Lipinski definition) is 6. The fraction of sp³-hybridized carbons (Fsp3) is 0.182. The zero-order valence-electron chi connectivity index (χ0n) is 23.2. The van der Waals surface area contributed by atoms with Gasteiger partial charge in [-0.1, -0.05) is 48.0 Å². The van der Waals surface area contributed by atoms with Crippen LogP contribution in [0, 0.1) is 6.92 Å². The molecule has 3 aromatic carbocycles. The van der Waals surface area contributed by atoms with Crippen LogP contribution in [0.4, 0.5) is 11.5 Å². The smallest absolute Gasteiger partial charge is 0.161 e. The molecule has 0 spiro atoms. The van der Waals surface area contributed by atoms with Crippen molar-refractivity contribution in [1.29, 1.82) is 0 Å². The second kappa shape index (κ2) is 12.7. The van der Waals surface area contributed by atoms with E-state index in [9.17, 15) is 0 Å². The van der Waals surface area contributed by atoms with Crippen LogP contribution in [0.25, 0.3) is 27.8 Å². The lowest BCUT2D eigenvalue weighted by Gasteiger charge is -2.12. The summed E-state index contributed by atoms with van der Waals surface area (Å²) in [5.74, 6) is 1.84. The second-order valence-electron chi connectivity index (χ2n) is 9.51. The van der Waals surface area contributed by atoms with Crippen molar-refractivity contribution in [3.05, 3.63) is 108 Å². The van der Waals surface area contributed by atoms with Crippen molar-refractivity contribution in [1.82, 2.24) is 10.3 Å². The fourth-order valence-corrected chi connectivity index (χ4v) is 4.15. The summed E-state index contributed by atoms with van der Waals surface area (Å²) in [4.78, 5) is 4.45. The number of nitrogens with two attached hydrogens (primary N) is 1. The van der Waals surface area contributed by atoms with E-state index in [1.165, 1.54) is 22.3 Å². The molecular weight excluding hydrogens is 484 g/mol. The number of rotatable bonds is 10. The Morgan fingerprint density at radius 3 is 2.21 bits per heavy atom. The van der Waals surface area contributed by atoms with E-state index in [0.29, 0.717) is 17.3 Å². The molecule has 0 saturated carbocycles. The quantitative estimate of drug-likeness (QED) is 0.204. The van der Waals surface area contributed by atoms with Crippen LogP contribution in [-0.2, 0) is 0 Å². The highest BCUT2D eigenvalue weighted by Gasteiger charge is 2.10. The van der Waals surface area contributed by atoms with Gasteiger partial charge in [0.1, 0.15) is 5.82 Å². The number of benzene rings is 3. The molecule has 1 heterocycles. The number of aromatic nitrogens is 1. The maximum absolute atomic E-state index is 6.26. The van der Waals surface area contributed by atoms with Crippen LogP contribution in [0.3, 0.4) is 0 Å². The maximum Gasteiger partial charge on any atom is 0.161 e. The predicted octanol–water partition coefficient (Wildman–Crippen LogP) is 7.29. The monoisotopic (exact) mass is 520 g/mol. The van der Waals surface area contributed by atoms with Crippen molar-refractivity contribution in [2.45, 2.75) is 20.8 Å². The summed E-state index contributed by atoms with van der Waals surface area (Å²) < 4.78 is 10.8. The van der Waals surface area contributed by atoms with Crippen LogP contribution < -0.4 is 25.8 Å². The first-order valence-corrected chi connectivity index (χ1v) is 12.9. The van der Waals surface area contributed by atoms with Crippen molar-refractivity contribution < 1.29 is 9.47 Å². The SMILES string of the molecule is COc1ccc(-c2cnc(N)c(-c3ccc(NC/C(C)=C/N/C=C(\C)c4ccc(C)cc4)cc3)c2)cc1OC. The van der Waals surface area contributed by atoms with E-state index in [4.69, 9.17) is 15.2 Å². The van der Waals surface area contributed by atoms with Gasteiger partial charge in [0.25, 0.3) is 0 Å². The molecular formula is C33H36N4O2. The van der Waals surface area contributed by atoms with Gasteiger partial charge in [0.2, 0.25) is 0 Å². The molecule has 0 aliphatic carbocycles. The third kappa shape index (κ3) is 6.99. The Kier molecular flexibility index (Phi) is 8.90. The lowest BCUT2D eigenvalue weighted by atomic mass is 10.0. The fourth-order valence-electron chi connectivity index (χ4n) is 4.15. The van der Waals surface area contributed by atoms with E-state index in [2.05, 4.69) is 91.0 Å². The third-order valence-electron chi connectivity index (χ3n) is 6.54. The van der Waals surface area contributed by atoms with Gasteiger partial charge in [0, 0.05) is 42.0 Å². The normalized spacial score (nSPS) is 11.7. The summed E-state index contributed by atoms with van der Waals surface area (Å²) in [6, 6.07) is 24.6. The third-order valence-corrected chi connectivity index (χ3v) is 6.54. The molecule has 0 saturated heterocycles. The second-order valence-corrected chi connectivity index (χ2v) is 9.51. The van der Waals surface area contributed by atoms with Crippen LogP contribution >= 0.6 is 0 Å². The van der Waals surface area contributed by atoms with Gasteiger partial charge in [0.15, 0.2) is 11.5 Å². The largest absolute Gasteiger partial charge is 0.493 e. The molecule has 0 aliphatic heterocycles. The van der Waals surface area contributed by atoms with Crippen molar-refractivity contribution in [3.63, 3.8) is 0 Å². The Bertz CT molecular complexity index is 1470. The van der Waals surface area contributed by atoms with Crippen molar-refractivity contribution in [2.24, 2.45) is 0 Å². The van der Waals surface area contributed by atoms with Gasteiger partial charge in [-0.15, -0.1) is 0 Å². The van der Waals surface area contributed by atoms with Gasteiger partial charge >= 0.3 is 0 Å². The number of allylic oxidation sites excluding steroid dienone is 1. The molecule has 0 radical (unpaired) electrons. The van der Waals surface area contributed by atoms with E-state index in [1.807, 2.05) is 30.6 Å². The summed E-state index contributed by atoms with van der Waals surface area (Å²) in [7, 11) is 3.25. The Balaban J connectivity index is 1.40. The van der Waals surface area contributed by atoms with Crippen molar-refractivity contribution in [3.8, 4) is 33.8 Å². The lowest BCUT2D eigenvalue weighted by molar-refractivity contribution is 0.355. The molecule has 0 amide bonds. The molecule has 0 fully saturated rings. The van der Waals surface area contributed by atoms with Crippen LogP contribution in [0.5, 0.6) is 11.5 Å². The number of nitrogen functional groups attached to an aromatic ring is 1. The van der Waals surface area contributed by atoms with Gasteiger partial charge in [-0.05, 0) is 78.9 Å². The zero-order valence-corrected chi connectivity index (χ0v) is 23.2. The number of nitrogens with one attached hydrogen (secondary N) is 2. The Hall–Kier alpha value is -4.71. The first-order valence-electron chi connectivity index (χ1n) is 12.9. The number of methoxy groups -OCH3 is 2. The predicted molar refractivity (Wildman–Crippen MR) is 163 cm³/mol. The molecule has 0 aliphatic rings. The van der Waals surface area contributed by atoms with Crippen LogP contribution in [0.2, 0.25) is 0 Å². The molecule has 4 aromatic rings. The van der Waals surface area contributed by atoms with E-state index in [-0.39, 0.29) is 0 Å². The average molecular weight is 521 g/mol. The van der Waals surface area contributed by atoms with E-state index >= 15 is 0 Å². The van der Waals surface area contributed by atoms with Gasteiger partial charge in [-0.3, -0.25) is 0 Å². The molecule has 4 rings (SSSR count). The van der Waals surface area contributed by atoms with Gasteiger partial charge < -0.3 is 25.8 Å². The Morgan fingerprint density at radius 1 is 0.821 bits per heavy atom. The van der Waals surface area contributed by atoms with E-state index in [1.54, 1.807) is 20.4 Å². The minimum Gasteiger partial charge on any atom is -0.493 e. The summed E-state index contributed by atoms with van der Waals surface area (Å²) in [5.41, 5.74) is 15.9. The average Bonchev–Trinajstić information content (AvgIpc) is 2.96. The lowest BCUT2D eigenvalue weighted by Crippen LogP contribution is -2.06. The summed E-state index contributed by atoms with van der Waals surface area (Å²) in [5, 5.41) is 6.78. The number of anilines is 2. The highest BCUT2D eigenvalue weighted by atomic mass is 16.5. The molecule has 0 bridgehead atoms. The summed E-state index contributed by atoms with van der Waals surface area (Å²) in [6.45, 7) is 7.02. The summed E-state index contributed by atoms with van der Waals surface area (Å²) in [6.07, 6.45) is 5.82. The van der Waals surface area contributed by atoms with E-state index in [0.717, 1.165) is 34.5 Å². The molecule has 6 nitrogen and oxygen atoms in total. The molecule has 39 heavy (non-hydrogen) atoms. The van der Waals surface area contributed by atoms with Crippen LogP contribution in [0.1, 0.15) is 25.0 Å². The van der Waals surface area contributed by atoms with Crippen molar-refractivity contribution >= 4 is 17.1 Å². The maximum atomic E-state index is 6.26. The number of pyridine rings is 1. The first kappa shape index (κ1) is 27.3. The van der Waals surface area contributed by atoms with Gasteiger partial charge in [-0.25, -0.2) is 4.98 Å². The number of ether oxygens (including phenoxy) is 2. The highest BCUT2D eigenvalue weighted by Crippen LogP contribution is 2.35. The van der Waals surface area contributed by atoms with Crippen LogP contribution in [0.15, 0.2) is 97.0 Å². The molecule has 4 N–H and O–H groups in total. The first-order chi connectivity index (χ1) is 18.9. The molecule has 1 aromatic heterocycles. The zero-order chi connectivity index (χ0) is 27.8. The van der Waals surface area contributed by atoms with E-state index < -0.39 is 0 Å². The minimum atomic E-state index is 0.485. The van der Waals surface area contributed by atoms with Crippen LogP contribution in [-0.4, -0.2) is 25.7 Å².